The van der Waals surface area contributed by atoms with Crippen molar-refractivity contribution >= 4 is 11.8 Å². The number of fused-ring (bicyclic) bond motifs is 1. The predicted octanol–water partition coefficient (Wildman–Crippen LogP) is 3.37. The molecule has 0 saturated carbocycles. The molecule has 1 aromatic heterocycles. The molecule has 0 atom stereocenters. The van der Waals surface area contributed by atoms with E-state index in [1.165, 1.54) is 0 Å². The van der Waals surface area contributed by atoms with E-state index in [4.69, 9.17) is 18.6 Å². The Bertz CT molecular complexity index is 923. The third kappa shape index (κ3) is 6.50. The van der Waals surface area contributed by atoms with Crippen LogP contribution in [0.2, 0.25) is 0 Å². The lowest BCUT2D eigenvalue weighted by Crippen LogP contribution is -2.44. The molecule has 0 saturated heterocycles. The van der Waals surface area contributed by atoms with Gasteiger partial charge < -0.3 is 28.4 Å². The summed E-state index contributed by atoms with van der Waals surface area (Å²) in [4.78, 5) is 29.3. The van der Waals surface area contributed by atoms with E-state index in [1.54, 1.807) is 16.9 Å². The fraction of sp³-hybridized carbons (Fsp3) is 0.500. The number of amides is 2. The minimum Gasteiger partial charge on any atom is -0.464 e. The summed E-state index contributed by atoms with van der Waals surface area (Å²) < 4.78 is 21.7. The lowest BCUT2D eigenvalue weighted by atomic mass is 10.1. The number of carbonyl (C=O) groups excluding carboxylic acids is 2. The zero-order valence-electron chi connectivity index (χ0n) is 19.3. The van der Waals surface area contributed by atoms with Crippen LogP contribution in [0.3, 0.4) is 0 Å². The number of furan rings is 1. The molecule has 1 aliphatic heterocycles. The van der Waals surface area contributed by atoms with Crippen LogP contribution in [0.1, 0.15) is 37.4 Å². The second-order valence-electron chi connectivity index (χ2n) is 8.36. The van der Waals surface area contributed by atoms with E-state index in [1.807, 2.05) is 51.1 Å². The molecular formula is C24H32N2O6. The Morgan fingerprint density at radius 3 is 2.50 bits per heavy atom. The van der Waals surface area contributed by atoms with E-state index < -0.39 is 0 Å². The summed E-state index contributed by atoms with van der Waals surface area (Å²) >= 11 is 0. The van der Waals surface area contributed by atoms with Gasteiger partial charge in [0.05, 0.1) is 19.7 Å². The Kier molecular flexibility index (Phi) is 8.16. The first-order chi connectivity index (χ1) is 15.4. The van der Waals surface area contributed by atoms with Gasteiger partial charge in [0.2, 0.25) is 18.6 Å². The van der Waals surface area contributed by atoms with Gasteiger partial charge in [0.25, 0.3) is 0 Å². The van der Waals surface area contributed by atoms with Gasteiger partial charge in [-0.3, -0.25) is 9.59 Å². The van der Waals surface area contributed by atoms with Gasteiger partial charge in [-0.2, -0.15) is 0 Å². The summed E-state index contributed by atoms with van der Waals surface area (Å²) in [5.41, 5.74) is 0.905. The van der Waals surface area contributed by atoms with Gasteiger partial charge in [-0.25, -0.2) is 0 Å². The Morgan fingerprint density at radius 1 is 1.03 bits per heavy atom. The summed E-state index contributed by atoms with van der Waals surface area (Å²) in [7, 11) is 1.58. The van der Waals surface area contributed by atoms with Crippen LogP contribution in [0.25, 0.3) is 0 Å². The predicted molar refractivity (Wildman–Crippen MR) is 118 cm³/mol. The Hall–Kier alpha value is -3.00. The largest absolute Gasteiger partial charge is 0.464 e. The van der Waals surface area contributed by atoms with Crippen molar-refractivity contribution in [2.24, 2.45) is 5.92 Å². The summed E-state index contributed by atoms with van der Waals surface area (Å²) in [6.45, 7) is 7.41. The van der Waals surface area contributed by atoms with Crippen molar-refractivity contribution in [3.05, 3.63) is 47.4 Å². The van der Waals surface area contributed by atoms with Crippen molar-refractivity contribution < 1.29 is 28.2 Å². The topological polar surface area (TPSA) is 81.5 Å². The van der Waals surface area contributed by atoms with E-state index in [0.29, 0.717) is 49.9 Å². The highest BCUT2D eigenvalue weighted by Gasteiger charge is 2.24. The highest BCUT2D eigenvalue weighted by Crippen LogP contribution is 2.33. The minimum atomic E-state index is -0.162. The quantitative estimate of drug-likeness (QED) is 0.529. The Balaban J connectivity index is 1.77. The smallest absolute Gasteiger partial charge is 0.242 e. The van der Waals surface area contributed by atoms with Crippen LogP contribution in [0, 0.1) is 12.8 Å². The second kappa shape index (κ2) is 11.0. The monoisotopic (exact) mass is 444 g/mol. The maximum absolute atomic E-state index is 13.3. The molecule has 0 unspecified atom stereocenters. The van der Waals surface area contributed by atoms with Gasteiger partial charge >= 0.3 is 0 Å². The molecule has 8 nitrogen and oxygen atoms in total. The number of ether oxygens (including phenoxy) is 3. The van der Waals surface area contributed by atoms with Crippen LogP contribution in [0.15, 0.2) is 34.7 Å². The van der Waals surface area contributed by atoms with Crippen molar-refractivity contribution in [3.8, 4) is 11.5 Å². The average Bonchev–Trinajstić information content (AvgIpc) is 3.38. The maximum Gasteiger partial charge on any atom is 0.242 e. The third-order valence-corrected chi connectivity index (χ3v) is 5.13. The normalized spacial score (nSPS) is 12.3. The van der Waals surface area contributed by atoms with Gasteiger partial charge in [-0.1, -0.05) is 19.9 Å². The first-order valence-electron chi connectivity index (χ1n) is 10.8. The molecule has 0 N–H and O–H groups in total. The van der Waals surface area contributed by atoms with Crippen molar-refractivity contribution in [2.45, 2.75) is 40.3 Å². The highest BCUT2D eigenvalue weighted by molar-refractivity contribution is 5.85. The molecule has 0 aliphatic carbocycles. The van der Waals surface area contributed by atoms with Gasteiger partial charge in [0, 0.05) is 26.6 Å². The van der Waals surface area contributed by atoms with Crippen molar-refractivity contribution in [3.63, 3.8) is 0 Å². The molecule has 2 heterocycles. The number of nitrogens with zero attached hydrogens (tertiary/aromatic N) is 2. The molecule has 0 spiro atoms. The van der Waals surface area contributed by atoms with Crippen LogP contribution in [0.5, 0.6) is 11.5 Å². The Labute approximate surface area is 189 Å². The van der Waals surface area contributed by atoms with Gasteiger partial charge in [-0.05, 0) is 42.7 Å². The molecule has 2 aromatic rings. The van der Waals surface area contributed by atoms with Crippen molar-refractivity contribution in [2.75, 3.05) is 33.6 Å². The molecule has 32 heavy (non-hydrogen) atoms. The van der Waals surface area contributed by atoms with Crippen LogP contribution in [-0.4, -0.2) is 55.2 Å². The molecule has 1 aromatic carbocycles. The molecule has 0 fully saturated rings. The highest BCUT2D eigenvalue weighted by atomic mass is 16.7. The molecule has 0 bridgehead atoms. The van der Waals surface area contributed by atoms with Crippen molar-refractivity contribution in [1.29, 1.82) is 0 Å². The van der Waals surface area contributed by atoms with E-state index in [0.717, 1.165) is 11.3 Å². The summed E-state index contributed by atoms with van der Waals surface area (Å²) in [5.74, 6) is 2.82. The van der Waals surface area contributed by atoms with Crippen LogP contribution in [-0.2, 0) is 27.4 Å². The summed E-state index contributed by atoms with van der Waals surface area (Å²) in [6.07, 6.45) is 0.385. The van der Waals surface area contributed by atoms with Crippen LogP contribution < -0.4 is 9.47 Å². The number of rotatable bonds is 11. The molecule has 0 radical (unpaired) electrons. The van der Waals surface area contributed by atoms with E-state index in [-0.39, 0.29) is 31.1 Å². The minimum absolute atomic E-state index is 0.0147. The number of benzene rings is 1. The third-order valence-electron chi connectivity index (χ3n) is 5.13. The molecule has 1 aliphatic rings. The maximum atomic E-state index is 13.3. The number of carbonyl (C=O) groups is 2. The number of hydrogen-bond acceptors (Lipinski definition) is 6. The van der Waals surface area contributed by atoms with E-state index in [2.05, 4.69) is 0 Å². The first kappa shape index (κ1) is 23.7. The van der Waals surface area contributed by atoms with E-state index in [9.17, 15) is 9.59 Å². The van der Waals surface area contributed by atoms with E-state index >= 15 is 0 Å². The van der Waals surface area contributed by atoms with Gasteiger partial charge in [0.1, 0.15) is 11.5 Å². The zero-order chi connectivity index (χ0) is 23.1. The van der Waals surface area contributed by atoms with Crippen LogP contribution in [0.4, 0.5) is 0 Å². The molecule has 2 amide bonds. The fourth-order valence-electron chi connectivity index (χ4n) is 3.49. The van der Waals surface area contributed by atoms with Gasteiger partial charge in [0.15, 0.2) is 11.5 Å². The summed E-state index contributed by atoms with van der Waals surface area (Å²) in [6, 6.07) is 9.36. The Morgan fingerprint density at radius 2 is 1.81 bits per heavy atom. The summed E-state index contributed by atoms with van der Waals surface area (Å²) in [5, 5.41) is 0. The molecule has 3 rings (SSSR count). The van der Waals surface area contributed by atoms with Crippen LogP contribution >= 0.6 is 0 Å². The number of methoxy groups -OCH3 is 1. The van der Waals surface area contributed by atoms with Crippen molar-refractivity contribution in [1.82, 2.24) is 9.80 Å². The number of aryl methyl sites for hydroxylation is 1. The molecule has 8 heteroatoms. The zero-order valence-corrected chi connectivity index (χ0v) is 19.3. The molecule has 174 valence electrons. The number of hydrogen-bond donors (Lipinski definition) is 0. The first-order valence-corrected chi connectivity index (χ1v) is 10.8. The molecular weight excluding hydrogens is 412 g/mol. The second-order valence-corrected chi connectivity index (χ2v) is 8.36. The fourth-order valence-corrected chi connectivity index (χ4v) is 3.49. The SMILES string of the molecule is COCCN(CC(=O)N(Cc1ccc2c(c1)OCO2)Cc1ccc(C)o1)C(=O)CC(C)C. The van der Waals surface area contributed by atoms with Gasteiger partial charge in [-0.15, -0.1) is 0 Å². The lowest BCUT2D eigenvalue weighted by Gasteiger charge is -2.28. The average molecular weight is 445 g/mol. The lowest BCUT2D eigenvalue weighted by molar-refractivity contribution is -0.142. The standard InChI is InChI=1S/C24H32N2O6/c1-17(2)11-23(27)25(9-10-29-4)15-24(28)26(14-20-7-5-18(3)32-20)13-19-6-8-21-22(12-19)31-16-30-21/h5-8,12,17H,9-11,13-16H2,1-4H3.